The van der Waals surface area contributed by atoms with Crippen molar-refractivity contribution in [3.63, 3.8) is 0 Å². The van der Waals surface area contributed by atoms with E-state index in [4.69, 9.17) is 5.26 Å². The summed E-state index contributed by atoms with van der Waals surface area (Å²) in [6.45, 7) is 1.24. The molecule has 5 heteroatoms. The van der Waals surface area contributed by atoms with E-state index in [0.717, 1.165) is 0 Å². The lowest BCUT2D eigenvalue weighted by atomic mass is 10.2. The van der Waals surface area contributed by atoms with E-state index in [1.807, 2.05) is 6.07 Å². The molecule has 0 aliphatic carbocycles. The number of nitrogens with one attached hydrogen (secondary N) is 1. The van der Waals surface area contributed by atoms with Crippen LogP contribution in [0, 0.1) is 18.3 Å². The van der Waals surface area contributed by atoms with E-state index >= 15 is 0 Å². The number of aromatic nitrogens is 1. The van der Waals surface area contributed by atoms with Gasteiger partial charge in [-0.3, -0.25) is 0 Å². The first-order chi connectivity index (χ1) is 6.63. The quantitative estimate of drug-likeness (QED) is 0.805. The number of rotatable bonds is 3. The molecule has 0 fully saturated rings. The van der Waals surface area contributed by atoms with Crippen LogP contribution in [-0.2, 0) is 0 Å². The normalized spacial score (nSPS) is 9.93. The molecule has 0 amide bonds. The number of alkyl halides is 2. The lowest BCUT2D eigenvalue weighted by molar-refractivity contribution is 0.163. The fourth-order valence-corrected chi connectivity index (χ4v) is 0.956. The highest BCUT2D eigenvalue weighted by Crippen LogP contribution is 2.12. The van der Waals surface area contributed by atoms with Gasteiger partial charge in [0, 0.05) is 5.69 Å². The molecule has 0 spiro atoms. The predicted molar refractivity (Wildman–Crippen MR) is 48.2 cm³/mol. The highest BCUT2D eigenvalue weighted by Gasteiger charge is 2.06. The minimum Gasteiger partial charge on any atom is -0.363 e. The Hall–Kier alpha value is -1.70. The van der Waals surface area contributed by atoms with Gasteiger partial charge in [-0.25, -0.2) is 13.8 Å². The van der Waals surface area contributed by atoms with Gasteiger partial charge in [-0.2, -0.15) is 5.26 Å². The number of hydrogen-bond donors (Lipinski definition) is 1. The average molecular weight is 197 g/mol. The van der Waals surface area contributed by atoms with Crippen LogP contribution in [0.1, 0.15) is 11.3 Å². The lowest BCUT2D eigenvalue weighted by Crippen LogP contribution is -2.12. The Morgan fingerprint density at radius 3 is 2.86 bits per heavy atom. The first-order valence-electron chi connectivity index (χ1n) is 4.03. The average Bonchev–Trinajstić information content (AvgIpc) is 2.15. The van der Waals surface area contributed by atoms with Crippen LogP contribution in [0.25, 0.3) is 0 Å². The smallest absolute Gasteiger partial charge is 0.255 e. The SMILES string of the molecule is Cc1ccc(C#N)c(NCC(F)F)n1. The number of hydrogen-bond acceptors (Lipinski definition) is 3. The summed E-state index contributed by atoms with van der Waals surface area (Å²) in [4.78, 5) is 3.95. The van der Waals surface area contributed by atoms with Crippen molar-refractivity contribution in [2.45, 2.75) is 13.3 Å². The monoisotopic (exact) mass is 197 g/mol. The third-order valence-corrected chi connectivity index (χ3v) is 1.58. The molecule has 0 aromatic carbocycles. The highest BCUT2D eigenvalue weighted by atomic mass is 19.3. The van der Waals surface area contributed by atoms with Gasteiger partial charge in [0.1, 0.15) is 11.9 Å². The molecule has 0 aliphatic heterocycles. The van der Waals surface area contributed by atoms with Crippen molar-refractivity contribution in [3.8, 4) is 6.07 Å². The fourth-order valence-electron chi connectivity index (χ4n) is 0.956. The molecule has 0 aliphatic rings. The van der Waals surface area contributed by atoms with Crippen molar-refractivity contribution in [3.05, 3.63) is 23.4 Å². The number of nitrogens with zero attached hydrogens (tertiary/aromatic N) is 2. The maximum atomic E-state index is 11.9. The minimum absolute atomic E-state index is 0.216. The molecular formula is C9H9F2N3. The van der Waals surface area contributed by atoms with Crippen LogP contribution in [-0.4, -0.2) is 18.0 Å². The van der Waals surface area contributed by atoms with Gasteiger partial charge >= 0.3 is 0 Å². The molecule has 0 atom stereocenters. The van der Waals surface area contributed by atoms with Crippen molar-refractivity contribution in [2.75, 3.05) is 11.9 Å². The van der Waals surface area contributed by atoms with E-state index in [9.17, 15) is 8.78 Å². The molecule has 1 aromatic heterocycles. The van der Waals surface area contributed by atoms with Gasteiger partial charge in [-0.05, 0) is 19.1 Å². The largest absolute Gasteiger partial charge is 0.363 e. The third-order valence-electron chi connectivity index (χ3n) is 1.58. The third kappa shape index (κ3) is 2.66. The summed E-state index contributed by atoms with van der Waals surface area (Å²) in [6.07, 6.45) is -2.45. The zero-order valence-electron chi connectivity index (χ0n) is 7.59. The summed E-state index contributed by atoms with van der Waals surface area (Å²) in [6, 6.07) is 5.09. The Balaban J connectivity index is 2.84. The van der Waals surface area contributed by atoms with Gasteiger partial charge in [0.25, 0.3) is 6.43 Å². The van der Waals surface area contributed by atoms with E-state index in [1.54, 1.807) is 19.1 Å². The molecule has 74 valence electrons. The number of nitriles is 1. The lowest BCUT2D eigenvalue weighted by Gasteiger charge is -2.06. The number of anilines is 1. The maximum Gasteiger partial charge on any atom is 0.255 e. The van der Waals surface area contributed by atoms with Gasteiger partial charge in [-0.1, -0.05) is 0 Å². The molecule has 1 N–H and O–H groups in total. The zero-order chi connectivity index (χ0) is 10.6. The molecule has 1 rings (SSSR count). The molecule has 0 saturated heterocycles. The summed E-state index contributed by atoms with van der Waals surface area (Å²) in [5.41, 5.74) is 0.956. The van der Waals surface area contributed by atoms with Crippen LogP contribution in [0.5, 0.6) is 0 Å². The summed E-state index contributed by atoms with van der Waals surface area (Å²) in [7, 11) is 0. The van der Waals surface area contributed by atoms with Crippen molar-refractivity contribution in [2.24, 2.45) is 0 Å². The van der Waals surface area contributed by atoms with E-state index in [-0.39, 0.29) is 11.4 Å². The molecule has 14 heavy (non-hydrogen) atoms. The first-order valence-corrected chi connectivity index (χ1v) is 4.03. The molecule has 3 nitrogen and oxygen atoms in total. The van der Waals surface area contributed by atoms with E-state index in [2.05, 4.69) is 10.3 Å². The van der Waals surface area contributed by atoms with Gasteiger partial charge < -0.3 is 5.32 Å². The maximum absolute atomic E-state index is 11.9. The second-order valence-electron chi connectivity index (χ2n) is 2.73. The molecule has 1 aromatic rings. The van der Waals surface area contributed by atoms with Gasteiger partial charge in [0.05, 0.1) is 12.1 Å². The van der Waals surface area contributed by atoms with Crippen LogP contribution in [0.2, 0.25) is 0 Å². The Morgan fingerprint density at radius 1 is 1.57 bits per heavy atom. The zero-order valence-corrected chi connectivity index (χ0v) is 7.59. The van der Waals surface area contributed by atoms with E-state index < -0.39 is 13.0 Å². The number of aryl methyl sites for hydroxylation is 1. The van der Waals surface area contributed by atoms with E-state index in [1.165, 1.54) is 0 Å². The standard InChI is InChI=1S/C9H9F2N3/c1-6-2-3-7(4-12)9(14-6)13-5-8(10)11/h2-3,8H,5H2,1H3,(H,13,14). The van der Waals surface area contributed by atoms with Crippen LogP contribution in [0.15, 0.2) is 12.1 Å². The van der Waals surface area contributed by atoms with Crippen molar-refractivity contribution < 1.29 is 8.78 Å². The number of halogens is 2. The van der Waals surface area contributed by atoms with Crippen LogP contribution >= 0.6 is 0 Å². The molecule has 1 heterocycles. The molecule has 0 radical (unpaired) electrons. The molecule has 0 unspecified atom stereocenters. The van der Waals surface area contributed by atoms with Gasteiger partial charge in [-0.15, -0.1) is 0 Å². The fraction of sp³-hybridized carbons (Fsp3) is 0.333. The topological polar surface area (TPSA) is 48.7 Å². The van der Waals surface area contributed by atoms with Crippen LogP contribution < -0.4 is 5.32 Å². The summed E-state index contributed by atoms with van der Waals surface area (Å²) < 4.78 is 23.8. The Morgan fingerprint density at radius 2 is 2.29 bits per heavy atom. The Bertz CT molecular complexity index is 358. The predicted octanol–water partition coefficient (Wildman–Crippen LogP) is 1.94. The summed E-state index contributed by atoms with van der Waals surface area (Å²) in [5, 5.41) is 11.1. The molecule has 0 saturated carbocycles. The number of pyridine rings is 1. The van der Waals surface area contributed by atoms with Crippen molar-refractivity contribution in [1.29, 1.82) is 5.26 Å². The Kier molecular flexibility index (Phi) is 3.35. The van der Waals surface area contributed by atoms with Crippen LogP contribution in [0.4, 0.5) is 14.6 Å². The highest BCUT2D eigenvalue weighted by molar-refractivity contribution is 5.52. The molecular weight excluding hydrogens is 188 g/mol. The second-order valence-corrected chi connectivity index (χ2v) is 2.73. The Labute approximate surface area is 80.4 Å². The summed E-state index contributed by atoms with van der Waals surface area (Å²) >= 11 is 0. The minimum atomic E-state index is -2.45. The van der Waals surface area contributed by atoms with Crippen molar-refractivity contribution >= 4 is 5.82 Å². The van der Waals surface area contributed by atoms with Crippen molar-refractivity contribution in [1.82, 2.24) is 4.98 Å². The van der Waals surface area contributed by atoms with Gasteiger partial charge in [0.2, 0.25) is 0 Å². The van der Waals surface area contributed by atoms with E-state index in [0.29, 0.717) is 5.69 Å². The first kappa shape index (κ1) is 10.4. The van der Waals surface area contributed by atoms with Gasteiger partial charge in [0.15, 0.2) is 0 Å². The summed E-state index contributed by atoms with van der Waals surface area (Å²) in [5.74, 6) is 0.216. The van der Waals surface area contributed by atoms with Crippen LogP contribution in [0.3, 0.4) is 0 Å². The molecule has 0 bridgehead atoms. The second kappa shape index (κ2) is 4.51.